The molecule has 4 heteroatoms. The van der Waals surface area contributed by atoms with E-state index in [0.29, 0.717) is 5.39 Å². The lowest BCUT2D eigenvalue weighted by molar-refractivity contribution is 0.464. The molecule has 0 bridgehead atoms. The first kappa shape index (κ1) is 16.2. The lowest BCUT2D eigenvalue weighted by Crippen LogP contribution is -1.98. The van der Waals surface area contributed by atoms with E-state index in [1.54, 1.807) is 36.4 Å². The molecule has 0 atom stereocenters. The molecule has 4 aromatic carbocycles. The second-order valence-electron chi connectivity index (χ2n) is 5.28. The fourth-order valence-corrected chi connectivity index (χ4v) is 3.25. The van der Waals surface area contributed by atoms with Crippen LogP contribution in [0.2, 0.25) is 0 Å². The van der Waals surface area contributed by atoms with Crippen molar-refractivity contribution >= 4 is 31.7 Å². The zero-order valence-corrected chi connectivity index (χ0v) is 13.6. The molecule has 0 amide bonds. The van der Waals surface area contributed by atoms with Crippen LogP contribution in [0.1, 0.15) is 0 Å². The molecule has 4 aromatic rings. The van der Waals surface area contributed by atoms with Gasteiger partial charge >= 0.3 is 0 Å². The third-order valence-electron chi connectivity index (χ3n) is 3.68. The van der Waals surface area contributed by atoms with Crippen LogP contribution in [0, 0.1) is 0 Å². The lowest BCUT2D eigenvalue weighted by Gasteiger charge is -2.09. The highest BCUT2D eigenvalue weighted by Gasteiger charge is 2.05. The molecule has 0 aliphatic heterocycles. The smallest absolute Gasteiger partial charge is 0.125 e. The predicted octanol–water partition coefficient (Wildman–Crippen LogP) is 4.58. The van der Waals surface area contributed by atoms with E-state index in [4.69, 9.17) is 0 Å². The van der Waals surface area contributed by atoms with Crippen molar-refractivity contribution in [2.75, 3.05) is 0 Å². The van der Waals surface area contributed by atoms with Gasteiger partial charge in [-0.05, 0) is 27.6 Å². The SMILES string of the molecule is O=S(=O)([O-])c1cccc2ccccc12.c1ccc2ccccc2c1. The van der Waals surface area contributed by atoms with Gasteiger partial charge in [-0.25, -0.2) is 8.42 Å². The molecule has 0 aliphatic carbocycles. The summed E-state index contributed by atoms with van der Waals surface area (Å²) >= 11 is 0. The Hall–Kier alpha value is -2.69. The minimum Gasteiger partial charge on any atom is -0.744 e. The van der Waals surface area contributed by atoms with E-state index in [9.17, 15) is 13.0 Å². The zero-order valence-electron chi connectivity index (χ0n) is 12.8. The van der Waals surface area contributed by atoms with E-state index in [2.05, 4.69) is 48.5 Å². The normalized spacial score (nSPS) is 11.0. The van der Waals surface area contributed by atoms with Gasteiger partial charge < -0.3 is 4.55 Å². The molecule has 0 radical (unpaired) electrons. The molecule has 0 fully saturated rings. The maximum Gasteiger partial charge on any atom is 0.125 e. The van der Waals surface area contributed by atoms with E-state index < -0.39 is 10.1 Å². The fourth-order valence-electron chi connectivity index (χ4n) is 2.55. The molecule has 0 aromatic heterocycles. The van der Waals surface area contributed by atoms with E-state index in [1.165, 1.54) is 16.8 Å². The molecular formula is C20H15O3S-. The van der Waals surface area contributed by atoms with Crippen molar-refractivity contribution in [3.05, 3.63) is 91.0 Å². The van der Waals surface area contributed by atoms with Gasteiger partial charge in [-0.15, -0.1) is 0 Å². The molecular weight excluding hydrogens is 320 g/mol. The highest BCUT2D eigenvalue weighted by atomic mass is 32.2. The summed E-state index contributed by atoms with van der Waals surface area (Å²) < 4.78 is 32.7. The maximum atomic E-state index is 10.9. The van der Waals surface area contributed by atoms with Gasteiger partial charge in [0, 0.05) is 0 Å². The van der Waals surface area contributed by atoms with Crippen LogP contribution in [0.5, 0.6) is 0 Å². The fraction of sp³-hybridized carbons (Fsp3) is 0. The Morgan fingerprint density at radius 3 is 1.46 bits per heavy atom. The Labute approximate surface area is 140 Å². The van der Waals surface area contributed by atoms with Crippen molar-refractivity contribution in [1.29, 1.82) is 0 Å². The molecule has 0 saturated heterocycles. The van der Waals surface area contributed by atoms with Crippen molar-refractivity contribution in [2.45, 2.75) is 4.90 Å². The van der Waals surface area contributed by atoms with Crippen LogP contribution in [-0.4, -0.2) is 13.0 Å². The van der Waals surface area contributed by atoms with Crippen molar-refractivity contribution in [3.8, 4) is 0 Å². The summed E-state index contributed by atoms with van der Waals surface area (Å²) in [6, 6.07) is 28.3. The van der Waals surface area contributed by atoms with Gasteiger partial charge in [-0.3, -0.25) is 0 Å². The van der Waals surface area contributed by atoms with Crippen LogP contribution < -0.4 is 0 Å². The summed E-state index contributed by atoms with van der Waals surface area (Å²) in [7, 11) is -4.38. The monoisotopic (exact) mass is 335 g/mol. The molecule has 0 heterocycles. The van der Waals surface area contributed by atoms with Gasteiger partial charge in [0.05, 0.1) is 4.90 Å². The molecule has 0 N–H and O–H groups in total. The average molecular weight is 335 g/mol. The lowest BCUT2D eigenvalue weighted by atomic mass is 10.1. The predicted molar refractivity (Wildman–Crippen MR) is 95.9 cm³/mol. The van der Waals surface area contributed by atoms with E-state index in [1.807, 2.05) is 0 Å². The molecule has 120 valence electrons. The van der Waals surface area contributed by atoms with Crippen LogP contribution in [0.15, 0.2) is 95.9 Å². The Kier molecular flexibility index (Phi) is 4.60. The third-order valence-corrected chi connectivity index (χ3v) is 4.57. The van der Waals surface area contributed by atoms with Gasteiger partial charge in [0.2, 0.25) is 0 Å². The van der Waals surface area contributed by atoms with Gasteiger partial charge in [0.25, 0.3) is 0 Å². The van der Waals surface area contributed by atoms with Crippen molar-refractivity contribution < 1.29 is 13.0 Å². The minimum atomic E-state index is -4.38. The first-order valence-electron chi connectivity index (χ1n) is 7.43. The average Bonchev–Trinajstić information content (AvgIpc) is 2.61. The van der Waals surface area contributed by atoms with Crippen LogP contribution in [0.4, 0.5) is 0 Å². The molecule has 3 nitrogen and oxygen atoms in total. The van der Waals surface area contributed by atoms with Gasteiger partial charge in [0.1, 0.15) is 10.1 Å². The summed E-state index contributed by atoms with van der Waals surface area (Å²) in [6.45, 7) is 0. The van der Waals surface area contributed by atoms with E-state index >= 15 is 0 Å². The number of benzene rings is 4. The third kappa shape index (κ3) is 3.62. The summed E-state index contributed by atoms with van der Waals surface area (Å²) in [5, 5.41) is 3.85. The maximum absolute atomic E-state index is 10.9. The van der Waals surface area contributed by atoms with Crippen molar-refractivity contribution in [2.24, 2.45) is 0 Å². The van der Waals surface area contributed by atoms with Crippen LogP contribution >= 0.6 is 0 Å². The van der Waals surface area contributed by atoms with Gasteiger partial charge in [0.15, 0.2) is 0 Å². The molecule has 4 rings (SSSR count). The minimum absolute atomic E-state index is 0.157. The van der Waals surface area contributed by atoms with Crippen LogP contribution in [0.3, 0.4) is 0 Å². The second kappa shape index (κ2) is 6.83. The Morgan fingerprint density at radius 2 is 0.958 bits per heavy atom. The van der Waals surface area contributed by atoms with Crippen LogP contribution in [0.25, 0.3) is 21.5 Å². The van der Waals surface area contributed by atoms with Gasteiger partial charge in [-0.2, -0.15) is 0 Å². The number of hydrogen-bond acceptors (Lipinski definition) is 3. The standard InChI is InChI=1S/C10H8O3S.C10H8/c11-14(12,13)10-7-3-5-8-4-1-2-6-9(8)10;1-2-6-10-8-4-3-7-9(10)5-1/h1-7H,(H,11,12,13);1-8H/p-1. The number of fused-ring (bicyclic) bond motifs is 2. The first-order valence-corrected chi connectivity index (χ1v) is 8.84. The van der Waals surface area contributed by atoms with Gasteiger partial charge in [-0.1, -0.05) is 84.9 Å². The van der Waals surface area contributed by atoms with Crippen molar-refractivity contribution in [1.82, 2.24) is 0 Å². The van der Waals surface area contributed by atoms with E-state index in [-0.39, 0.29) is 4.90 Å². The Balaban J connectivity index is 0.000000149. The molecule has 0 saturated carbocycles. The molecule has 0 spiro atoms. The topological polar surface area (TPSA) is 57.2 Å². The first-order chi connectivity index (χ1) is 11.6. The highest BCUT2D eigenvalue weighted by molar-refractivity contribution is 7.86. The second-order valence-corrected chi connectivity index (χ2v) is 6.63. The summed E-state index contributed by atoms with van der Waals surface area (Å²) in [5.74, 6) is 0. The number of hydrogen-bond donors (Lipinski definition) is 0. The summed E-state index contributed by atoms with van der Waals surface area (Å²) in [5.41, 5.74) is 0. The van der Waals surface area contributed by atoms with E-state index in [0.717, 1.165) is 5.39 Å². The largest absolute Gasteiger partial charge is 0.744 e. The molecule has 24 heavy (non-hydrogen) atoms. The summed E-state index contributed by atoms with van der Waals surface area (Å²) in [6.07, 6.45) is 0. The molecule has 0 aliphatic rings. The Morgan fingerprint density at radius 1 is 0.542 bits per heavy atom. The molecule has 0 unspecified atom stereocenters. The van der Waals surface area contributed by atoms with Crippen LogP contribution in [-0.2, 0) is 10.1 Å². The highest BCUT2D eigenvalue weighted by Crippen LogP contribution is 2.21. The Bertz CT molecular complexity index is 1020. The summed E-state index contributed by atoms with van der Waals surface area (Å²) in [4.78, 5) is -0.157. The zero-order chi connectivity index (χ0) is 17.0. The number of rotatable bonds is 1. The quantitative estimate of drug-likeness (QED) is 0.478. The van der Waals surface area contributed by atoms with Crippen molar-refractivity contribution in [3.63, 3.8) is 0 Å².